The maximum absolute atomic E-state index is 12.0. The first-order valence-corrected chi connectivity index (χ1v) is 12.3. The fraction of sp³-hybridized carbons (Fsp3) is 0. The molecular formula is C22H9NO2S4. The SMILES string of the molecule is O=[N+]([O-])c1cc2sc3ccc4sccc4c3c2c2c1sc1ccc3sccc3c12. The van der Waals surface area contributed by atoms with Gasteiger partial charge in [0, 0.05) is 61.9 Å². The van der Waals surface area contributed by atoms with Gasteiger partial charge in [-0.25, -0.2) is 0 Å². The maximum Gasteiger partial charge on any atom is 0.288 e. The lowest BCUT2D eigenvalue weighted by Crippen LogP contribution is -1.87. The summed E-state index contributed by atoms with van der Waals surface area (Å²) in [7, 11) is 0. The van der Waals surface area contributed by atoms with Crippen LogP contribution in [0.25, 0.3) is 60.5 Å². The van der Waals surface area contributed by atoms with Crippen molar-refractivity contribution in [2.24, 2.45) is 0 Å². The molecule has 0 aliphatic carbocycles. The highest BCUT2D eigenvalue weighted by atomic mass is 32.1. The fourth-order valence-corrected chi connectivity index (χ4v) is 8.36. The van der Waals surface area contributed by atoms with Crippen LogP contribution in [0.5, 0.6) is 0 Å². The molecule has 0 saturated carbocycles. The van der Waals surface area contributed by atoms with Crippen LogP contribution >= 0.6 is 45.3 Å². The van der Waals surface area contributed by atoms with Crippen LogP contribution in [0, 0.1) is 10.1 Å². The first kappa shape index (κ1) is 16.2. The molecule has 0 atom stereocenters. The van der Waals surface area contributed by atoms with Crippen molar-refractivity contribution >= 4 is 112 Å². The van der Waals surface area contributed by atoms with E-state index in [1.807, 2.05) is 0 Å². The number of hydrogen-bond acceptors (Lipinski definition) is 6. The lowest BCUT2D eigenvalue weighted by Gasteiger charge is -2.01. The largest absolute Gasteiger partial charge is 0.288 e. The van der Waals surface area contributed by atoms with E-state index in [0.29, 0.717) is 0 Å². The molecule has 0 aliphatic heterocycles. The number of thiophene rings is 4. The summed E-state index contributed by atoms with van der Waals surface area (Å²) >= 11 is 6.64. The summed E-state index contributed by atoms with van der Waals surface area (Å²) in [6, 6.07) is 14.7. The van der Waals surface area contributed by atoms with E-state index in [9.17, 15) is 10.1 Å². The molecule has 0 spiro atoms. The first-order chi connectivity index (χ1) is 14.2. The summed E-state index contributed by atoms with van der Waals surface area (Å²) in [5, 5.41) is 23.2. The van der Waals surface area contributed by atoms with E-state index in [0.717, 1.165) is 24.9 Å². The topological polar surface area (TPSA) is 43.1 Å². The average Bonchev–Trinajstić information content (AvgIpc) is 3.47. The maximum atomic E-state index is 12.0. The Balaban J connectivity index is 1.90. The van der Waals surface area contributed by atoms with Gasteiger partial charge in [-0.2, -0.15) is 0 Å². The molecule has 0 aliphatic rings. The van der Waals surface area contributed by atoms with Crippen LogP contribution in [0.15, 0.2) is 53.2 Å². The zero-order valence-electron chi connectivity index (χ0n) is 14.6. The van der Waals surface area contributed by atoms with E-state index in [1.165, 1.54) is 47.0 Å². The van der Waals surface area contributed by atoms with Crippen LogP contribution in [-0.2, 0) is 0 Å². The molecule has 0 saturated heterocycles. The highest BCUT2D eigenvalue weighted by Gasteiger charge is 2.24. The fourth-order valence-electron chi connectivity index (χ4n) is 4.40. The smallest absolute Gasteiger partial charge is 0.258 e. The molecule has 0 radical (unpaired) electrons. The standard InChI is InChI=1S/C22H9NO2S4/c24-23(25)12-9-17-20(18-10-5-7-26-13(10)1-3-15(18)28-17)21-19-11-6-8-27-14(11)2-4-16(19)29-22(12)21/h1-9H. The van der Waals surface area contributed by atoms with E-state index < -0.39 is 0 Å². The van der Waals surface area contributed by atoms with Crippen molar-refractivity contribution in [2.75, 3.05) is 0 Å². The third-order valence-electron chi connectivity index (χ3n) is 5.55. The Morgan fingerprint density at radius 2 is 1.24 bits per heavy atom. The van der Waals surface area contributed by atoms with Crippen molar-refractivity contribution in [3.05, 3.63) is 63.3 Å². The second-order valence-corrected chi connectivity index (χ2v) is 11.0. The Morgan fingerprint density at radius 3 is 1.90 bits per heavy atom. The molecule has 0 N–H and O–H groups in total. The quantitative estimate of drug-likeness (QED) is 0.186. The third-order valence-corrected chi connectivity index (χ3v) is 9.59. The first-order valence-electron chi connectivity index (χ1n) is 8.93. The number of nitro groups is 1. The van der Waals surface area contributed by atoms with Crippen LogP contribution in [0.3, 0.4) is 0 Å². The zero-order valence-corrected chi connectivity index (χ0v) is 17.9. The second-order valence-electron chi connectivity index (χ2n) is 6.98. The average molecular weight is 448 g/mol. The number of rotatable bonds is 1. The number of benzene rings is 3. The molecule has 3 nitrogen and oxygen atoms in total. The zero-order chi connectivity index (χ0) is 19.3. The molecule has 0 amide bonds. The molecule has 3 aromatic carbocycles. The van der Waals surface area contributed by atoms with Gasteiger partial charge in [-0.15, -0.1) is 45.3 Å². The molecule has 0 unspecified atom stereocenters. The van der Waals surface area contributed by atoms with Crippen LogP contribution in [0.4, 0.5) is 5.69 Å². The van der Waals surface area contributed by atoms with Crippen LogP contribution in [-0.4, -0.2) is 4.92 Å². The highest BCUT2D eigenvalue weighted by Crippen LogP contribution is 2.51. The van der Waals surface area contributed by atoms with Gasteiger partial charge in [-0.1, -0.05) is 0 Å². The van der Waals surface area contributed by atoms with E-state index in [-0.39, 0.29) is 10.6 Å². The normalized spacial score (nSPS) is 12.4. The van der Waals surface area contributed by atoms with Crippen molar-refractivity contribution in [3.8, 4) is 0 Å². The Labute approximate surface area is 179 Å². The molecule has 7 heteroatoms. The number of nitro benzene ring substituents is 1. The Kier molecular flexibility index (Phi) is 3.09. The molecule has 7 rings (SSSR count). The van der Waals surface area contributed by atoms with Crippen molar-refractivity contribution < 1.29 is 4.92 Å². The van der Waals surface area contributed by atoms with Crippen LogP contribution < -0.4 is 0 Å². The van der Waals surface area contributed by atoms with E-state index in [1.54, 1.807) is 40.1 Å². The monoisotopic (exact) mass is 447 g/mol. The van der Waals surface area contributed by atoms with E-state index in [4.69, 9.17) is 0 Å². The van der Waals surface area contributed by atoms with Gasteiger partial charge < -0.3 is 0 Å². The Bertz CT molecular complexity index is 1800. The molecular weight excluding hydrogens is 439 g/mol. The van der Waals surface area contributed by atoms with Gasteiger partial charge >= 0.3 is 0 Å². The summed E-state index contributed by atoms with van der Waals surface area (Å²) in [5.74, 6) is 0. The number of hydrogen-bond donors (Lipinski definition) is 0. The van der Waals surface area contributed by atoms with Gasteiger partial charge in [0.2, 0.25) is 0 Å². The Morgan fingerprint density at radius 1 is 0.655 bits per heavy atom. The molecule has 7 aromatic rings. The molecule has 4 heterocycles. The van der Waals surface area contributed by atoms with E-state index in [2.05, 4.69) is 47.2 Å². The van der Waals surface area contributed by atoms with E-state index >= 15 is 0 Å². The number of fused-ring (bicyclic) bond motifs is 11. The van der Waals surface area contributed by atoms with Gasteiger partial charge in [0.15, 0.2) is 0 Å². The van der Waals surface area contributed by atoms with Crippen LogP contribution in [0.2, 0.25) is 0 Å². The third kappa shape index (κ3) is 2.00. The molecule has 0 fully saturated rings. The van der Waals surface area contributed by atoms with Gasteiger partial charge in [-0.05, 0) is 47.2 Å². The summed E-state index contributed by atoms with van der Waals surface area (Å²) < 4.78 is 6.54. The van der Waals surface area contributed by atoms with Crippen LogP contribution in [0.1, 0.15) is 0 Å². The van der Waals surface area contributed by atoms with Crippen molar-refractivity contribution in [1.29, 1.82) is 0 Å². The second kappa shape index (κ2) is 5.52. The summed E-state index contributed by atoms with van der Waals surface area (Å²) in [6.07, 6.45) is 0. The lowest BCUT2D eigenvalue weighted by atomic mass is 10.0. The van der Waals surface area contributed by atoms with Gasteiger partial charge in [0.1, 0.15) is 4.70 Å². The van der Waals surface area contributed by atoms with Crippen molar-refractivity contribution in [2.45, 2.75) is 0 Å². The summed E-state index contributed by atoms with van der Waals surface area (Å²) in [6.45, 7) is 0. The summed E-state index contributed by atoms with van der Waals surface area (Å²) in [4.78, 5) is 11.7. The molecule has 4 aromatic heterocycles. The molecule has 0 bridgehead atoms. The minimum Gasteiger partial charge on any atom is -0.258 e. The van der Waals surface area contributed by atoms with Gasteiger partial charge in [0.25, 0.3) is 5.69 Å². The predicted molar refractivity (Wildman–Crippen MR) is 130 cm³/mol. The minimum absolute atomic E-state index is 0.213. The number of nitrogens with zero attached hydrogens (tertiary/aromatic N) is 1. The molecule has 29 heavy (non-hydrogen) atoms. The minimum atomic E-state index is -0.230. The van der Waals surface area contributed by atoms with Crippen molar-refractivity contribution in [3.63, 3.8) is 0 Å². The predicted octanol–water partition coefficient (Wildman–Crippen LogP) is 8.76. The van der Waals surface area contributed by atoms with Gasteiger partial charge in [0.05, 0.1) is 4.92 Å². The Hall–Kier alpha value is -2.58. The van der Waals surface area contributed by atoms with Crippen molar-refractivity contribution in [1.82, 2.24) is 0 Å². The number of non-ortho nitro benzene ring substituents is 1. The summed E-state index contributed by atoms with van der Waals surface area (Å²) in [5.41, 5.74) is 0.213. The highest BCUT2D eigenvalue weighted by molar-refractivity contribution is 7.29. The lowest BCUT2D eigenvalue weighted by molar-refractivity contribution is -0.382. The van der Waals surface area contributed by atoms with Gasteiger partial charge in [-0.3, -0.25) is 10.1 Å². The molecule has 138 valence electrons.